The van der Waals surface area contributed by atoms with Gasteiger partial charge in [0.1, 0.15) is 0 Å². The highest BCUT2D eigenvalue weighted by molar-refractivity contribution is 6.11. The van der Waals surface area contributed by atoms with Crippen LogP contribution in [0.1, 0.15) is 0 Å². The molecule has 0 atom stereocenters. The van der Waals surface area contributed by atoms with Crippen molar-refractivity contribution in [3.8, 4) is 44.5 Å². The number of hydrogen-bond donors (Lipinski definition) is 0. The average molecular weight is 683 g/mol. The maximum Gasteiger partial charge on any atom is -0.00992 e. The van der Waals surface area contributed by atoms with Gasteiger partial charge in [-0.1, -0.05) is 164 Å². The van der Waals surface area contributed by atoms with Gasteiger partial charge in [0, 0.05) is 0 Å². The summed E-state index contributed by atoms with van der Waals surface area (Å²) in [7, 11) is 0. The van der Waals surface area contributed by atoms with Crippen molar-refractivity contribution in [2.24, 2.45) is 0 Å². The van der Waals surface area contributed by atoms with E-state index >= 15 is 0 Å². The Morgan fingerprint density at radius 1 is 0.148 bits per heavy atom. The van der Waals surface area contributed by atoms with Crippen LogP contribution in [0.3, 0.4) is 0 Å². The molecule has 0 aliphatic rings. The number of fused-ring (bicyclic) bond motifs is 9. The van der Waals surface area contributed by atoms with Gasteiger partial charge in [-0.05, 0) is 152 Å². The zero-order chi connectivity index (χ0) is 35.6. The van der Waals surface area contributed by atoms with Gasteiger partial charge in [-0.25, -0.2) is 0 Å². The van der Waals surface area contributed by atoms with Crippen LogP contribution in [0.4, 0.5) is 0 Å². The van der Waals surface area contributed by atoms with Crippen molar-refractivity contribution in [3.63, 3.8) is 0 Å². The van der Waals surface area contributed by atoms with Crippen molar-refractivity contribution >= 4 is 64.6 Å². The minimum absolute atomic E-state index is 1.21. The van der Waals surface area contributed by atoms with Crippen molar-refractivity contribution in [2.45, 2.75) is 0 Å². The first-order valence-corrected chi connectivity index (χ1v) is 18.7. The summed E-state index contributed by atoms with van der Waals surface area (Å²) in [5.74, 6) is 0. The molecule has 0 amide bonds. The van der Waals surface area contributed by atoms with Gasteiger partial charge in [0.05, 0.1) is 0 Å². The first-order chi connectivity index (χ1) is 26.7. The monoisotopic (exact) mass is 682 g/mol. The molecule has 0 N–H and O–H groups in total. The maximum atomic E-state index is 2.37. The second-order valence-electron chi connectivity index (χ2n) is 14.5. The lowest BCUT2D eigenvalue weighted by Gasteiger charge is -2.14. The zero-order valence-electron chi connectivity index (χ0n) is 29.6. The van der Waals surface area contributed by atoms with Gasteiger partial charge in [0.15, 0.2) is 0 Å². The van der Waals surface area contributed by atoms with E-state index in [1.165, 1.54) is 109 Å². The molecule has 0 radical (unpaired) electrons. The van der Waals surface area contributed by atoms with Crippen molar-refractivity contribution in [1.29, 1.82) is 0 Å². The Kier molecular flexibility index (Phi) is 6.97. The average Bonchev–Trinajstić information content (AvgIpc) is 3.25. The van der Waals surface area contributed by atoms with Gasteiger partial charge in [-0.15, -0.1) is 0 Å². The van der Waals surface area contributed by atoms with E-state index in [4.69, 9.17) is 0 Å². The summed E-state index contributed by atoms with van der Waals surface area (Å²) < 4.78 is 0. The molecule has 250 valence electrons. The molecule has 0 spiro atoms. The predicted octanol–water partition coefficient (Wildman–Crippen LogP) is 15.3. The molecule has 0 bridgehead atoms. The van der Waals surface area contributed by atoms with Crippen LogP contribution in [0.15, 0.2) is 206 Å². The van der Waals surface area contributed by atoms with Crippen molar-refractivity contribution < 1.29 is 0 Å². The second-order valence-corrected chi connectivity index (χ2v) is 14.5. The lowest BCUT2D eigenvalue weighted by atomic mass is 9.90. The van der Waals surface area contributed by atoms with Gasteiger partial charge in [-0.2, -0.15) is 0 Å². The Bertz CT molecular complexity index is 3120. The molecule has 11 aromatic rings. The number of benzene rings is 11. The van der Waals surface area contributed by atoms with Crippen LogP contribution in [0.5, 0.6) is 0 Å². The summed E-state index contributed by atoms with van der Waals surface area (Å²) in [5, 5.41) is 15.2. The molecule has 0 aliphatic carbocycles. The Morgan fingerprint density at radius 2 is 0.481 bits per heavy atom. The zero-order valence-corrected chi connectivity index (χ0v) is 29.6. The van der Waals surface area contributed by atoms with E-state index in [9.17, 15) is 0 Å². The Labute approximate surface area is 314 Å². The van der Waals surface area contributed by atoms with Gasteiger partial charge in [-0.3, -0.25) is 0 Å². The first-order valence-electron chi connectivity index (χ1n) is 18.7. The van der Waals surface area contributed by atoms with Crippen LogP contribution in [-0.4, -0.2) is 0 Å². The minimum atomic E-state index is 1.21. The summed E-state index contributed by atoms with van der Waals surface area (Å²) >= 11 is 0. The smallest absolute Gasteiger partial charge is 0.00992 e. The minimum Gasteiger partial charge on any atom is -0.0622 e. The van der Waals surface area contributed by atoms with E-state index in [-0.39, 0.29) is 0 Å². The summed E-state index contributed by atoms with van der Waals surface area (Å²) in [6.45, 7) is 0. The topological polar surface area (TPSA) is 0 Å². The van der Waals surface area contributed by atoms with Gasteiger partial charge in [0.2, 0.25) is 0 Å². The number of hydrogen-bond acceptors (Lipinski definition) is 0. The van der Waals surface area contributed by atoms with Crippen molar-refractivity contribution in [2.75, 3.05) is 0 Å². The lowest BCUT2D eigenvalue weighted by Crippen LogP contribution is -1.88. The molecule has 11 rings (SSSR count). The van der Waals surface area contributed by atoms with Crippen LogP contribution >= 0.6 is 0 Å². The molecule has 0 nitrogen and oxygen atoms in total. The molecule has 0 unspecified atom stereocenters. The lowest BCUT2D eigenvalue weighted by molar-refractivity contribution is 1.59. The van der Waals surface area contributed by atoms with Crippen LogP contribution < -0.4 is 0 Å². The molecule has 0 aliphatic heterocycles. The Morgan fingerprint density at radius 3 is 0.981 bits per heavy atom. The molecular weight excluding hydrogens is 649 g/mol. The van der Waals surface area contributed by atoms with E-state index in [0.29, 0.717) is 0 Å². The standard InChI is InChI=1S/C54H34/c1-2-8-35(9-3-1)42-18-14-38-17-21-45-30-41(24-27-53(45)54(38)34-42)48-32-46(39-22-25-51-43(28-39)19-15-36-10-4-6-12-49(36)51)31-47(33-48)40-23-26-52-44(29-40)20-16-37-11-5-7-13-50(37)52/h1-34H. The third kappa shape index (κ3) is 5.15. The van der Waals surface area contributed by atoms with E-state index in [1.54, 1.807) is 0 Å². The largest absolute Gasteiger partial charge is 0.0622 e. The highest BCUT2D eigenvalue weighted by atomic mass is 14.2. The second kappa shape index (κ2) is 12.3. The molecule has 0 fully saturated rings. The summed E-state index contributed by atoms with van der Waals surface area (Å²) in [6.07, 6.45) is 0. The fourth-order valence-electron chi connectivity index (χ4n) is 8.56. The Balaban J connectivity index is 1.08. The van der Waals surface area contributed by atoms with Crippen molar-refractivity contribution in [3.05, 3.63) is 206 Å². The third-order valence-electron chi connectivity index (χ3n) is 11.4. The van der Waals surface area contributed by atoms with Gasteiger partial charge in [0.25, 0.3) is 0 Å². The quantitative estimate of drug-likeness (QED) is 0.162. The Hall–Kier alpha value is -7.02. The van der Waals surface area contributed by atoms with E-state index in [0.717, 1.165) is 0 Å². The molecule has 0 saturated carbocycles. The molecule has 54 heavy (non-hydrogen) atoms. The van der Waals surface area contributed by atoms with E-state index < -0.39 is 0 Å². The molecule has 0 heterocycles. The van der Waals surface area contributed by atoms with Crippen LogP contribution in [0.25, 0.3) is 109 Å². The summed E-state index contributed by atoms with van der Waals surface area (Å²) in [4.78, 5) is 0. The molecule has 11 aromatic carbocycles. The fraction of sp³-hybridized carbons (Fsp3) is 0. The van der Waals surface area contributed by atoms with E-state index in [2.05, 4.69) is 206 Å². The molecule has 0 heteroatoms. The highest BCUT2D eigenvalue weighted by Crippen LogP contribution is 2.39. The van der Waals surface area contributed by atoms with E-state index in [1.807, 2.05) is 0 Å². The van der Waals surface area contributed by atoms with Gasteiger partial charge >= 0.3 is 0 Å². The summed E-state index contributed by atoms with van der Waals surface area (Å²) in [6, 6.07) is 76.3. The maximum absolute atomic E-state index is 2.37. The number of rotatable bonds is 4. The van der Waals surface area contributed by atoms with Gasteiger partial charge < -0.3 is 0 Å². The van der Waals surface area contributed by atoms with Crippen LogP contribution in [-0.2, 0) is 0 Å². The SMILES string of the molecule is c1ccc(-c2ccc3ccc4cc(-c5cc(-c6ccc7c(ccc8ccccc87)c6)cc(-c6ccc7c(ccc8ccccc87)c6)c5)ccc4c3c2)cc1. The van der Waals surface area contributed by atoms with Crippen molar-refractivity contribution in [1.82, 2.24) is 0 Å². The molecule has 0 aromatic heterocycles. The van der Waals surface area contributed by atoms with Crippen LogP contribution in [0.2, 0.25) is 0 Å². The normalized spacial score (nSPS) is 11.7. The molecular formula is C54H34. The fourth-order valence-corrected chi connectivity index (χ4v) is 8.56. The summed E-state index contributed by atoms with van der Waals surface area (Å²) in [5.41, 5.74) is 9.75. The third-order valence-corrected chi connectivity index (χ3v) is 11.4. The van der Waals surface area contributed by atoms with Crippen LogP contribution in [0, 0.1) is 0 Å². The highest BCUT2D eigenvalue weighted by Gasteiger charge is 2.12. The predicted molar refractivity (Wildman–Crippen MR) is 233 cm³/mol. The first kappa shape index (κ1) is 30.6. The molecule has 0 saturated heterocycles.